The molecule has 0 N–H and O–H groups in total. The van der Waals surface area contributed by atoms with Gasteiger partial charge in [-0.3, -0.25) is 9.69 Å². The number of ether oxygens (including phenoxy) is 1. The van der Waals surface area contributed by atoms with E-state index >= 15 is 0 Å². The van der Waals surface area contributed by atoms with Crippen LogP contribution in [0.15, 0.2) is 43.0 Å². The van der Waals surface area contributed by atoms with E-state index in [0.717, 1.165) is 25.9 Å². The first-order chi connectivity index (χ1) is 9.23. The second-order valence-corrected chi connectivity index (χ2v) is 5.03. The third-order valence-electron chi connectivity index (χ3n) is 3.89. The minimum Gasteiger partial charge on any atom is -0.468 e. The van der Waals surface area contributed by atoms with Crippen molar-refractivity contribution in [2.45, 2.75) is 31.3 Å². The largest absolute Gasteiger partial charge is 0.468 e. The molecule has 0 bridgehead atoms. The number of rotatable bonds is 5. The summed E-state index contributed by atoms with van der Waals surface area (Å²) < 4.78 is 5.03. The van der Waals surface area contributed by atoms with E-state index in [9.17, 15) is 4.79 Å². The zero-order valence-electron chi connectivity index (χ0n) is 11.5. The van der Waals surface area contributed by atoms with Crippen molar-refractivity contribution in [3.8, 4) is 0 Å². The molecule has 0 aromatic heterocycles. The van der Waals surface area contributed by atoms with Gasteiger partial charge in [0.05, 0.1) is 7.11 Å². The van der Waals surface area contributed by atoms with Crippen molar-refractivity contribution < 1.29 is 9.53 Å². The van der Waals surface area contributed by atoms with E-state index in [2.05, 4.69) is 23.6 Å². The van der Waals surface area contributed by atoms with E-state index in [-0.39, 0.29) is 5.97 Å². The summed E-state index contributed by atoms with van der Waals surface area (Å²) in [7, 11) is 1.46. The molecule has 1 heterocycles. The zero-order valence-corrected chi connectivity index (χ0v) is 11.5. The first-order valence-corrected chi connectivity index (χ1v) is 6.71. The summed E-state index contributed by atoms with van der Waals surface area (Å²) in [5, 5.41) is 0. The van der Waals surface area contributed by atoms with Crippen LogP contribution in [0.2, 0.25) is 0 Å². The van der Waals surface area contributed by atoms with E-state index in [1.807, 2.05) is 24.3 Å². The lowest BCUT2D eigenvalue weighted by Crippen LogP contribution is -2.50. The minimum atomic E-state index is -0.521. The second kappa shape index (κ2) is 6.02. The smallest absolute Gasteiger partial charge is 0.326 e. The molecule has 0 spiro atoms. The Morgan fingerprint density at radius 1 is 1.47 bits per heavy atom. The summed E-state index contributed by atoms with van der Waals surface area (Å²) in [4.78, 5) is 14.4. The van der Waals surface area contributed by atoms with Crippen LogP contribution in [0.5, 0.6) is 0 Å². The van der Waals surface area contributed by atoms with Crippen LogP contribution in [0.1, 0.15) is 24.8 Å². The predicted octanol–water partition coefficient (Wildman–Crippen LogP) is 2.77. The van der Waals surface area contributed by atoms with Gasteiger partial charge in [-0.25, -0.2) is 0 Å². The molecular formula is C16H21NO2. The highest BCUT2D eigenvalue weighted by Crippen LogP contribution is 2.35. The number of esters is 1. The van der Waals surface area contributed by atoms with Crippen LogP contribution in [0, 0.1) is 0 Å². The average Bonchev–Trinajstić information content (AvgIpc) is 2.83. The Labute approximate surface area is 114 Å². The molecule has 1 aliphatic heterocycles. The maximum absolute atomic E-state index is 12.2. The highest BCUT2D eigenvalue weighted by Gasteiger charge is 2.47. The number of nitrogens with zero attached hydrogens (tertiary/aromatic N) is 1. The summed E-state index contributed by atoms with van der Waals surface area (Å²) in [6.45, 7) is 5.50. The van der Waals surface area contributed by atoms with E-state index in [1.54, 1.807) is 0 Å². The number of carbonyl (C=O) groups is 1. The second-order valence-electron chi connectivity index (χ2n) is 5.03. The lowest BCUT2D eigenvalue weighted by Gasteiger charge is -2.35. The Bertz CT molecular complexity index is 443. The maximum atomic E-state index is 12.2. The van der Waals surface area contributed by atoms with Gasteiger partial charge in [-0.05, 0) is 31.4 Å². The molecule has 1 atom stereocenters. The van der Waals surface area contributed by atoms with Gasteiger partial charge < -0.3 is 4.74 Å². The maximum Gasteiger partial charge on any atom is 0.326 e. The molecule has 102 valence electrons. The van der Waals surface area contributed by atoms with E-state index in [0.29, 0.717) is 6.42 Å². The first-order valence-electron chi connectivity index (χ1n) is 6.71. The fourth-order valence-electron chi connectivity index (χ4n) is 2.94. The summed E-state index contributed by atoms with van der Waals surface area (Å²) in [5.74, 6) is -0.138. The molecule has 1 unspecified atom stereocenters. The normalized spacial score (nSPS) is 23.2. The third kappa shape index (κ3) is 2.71. The van der Waals surface area contributed by atoms with Crippen LogP contribution in [-0.4, -0.2) is 30.1 Å². The molecular weight excluding hydrogens is 238 g/mol. The lowest BCUT2D eigenvalue weighted by molar-refractivity contribution is -0.153. The molecule has 1 fully saturated rings. The quantitative estimate of drug-likeness (QED) is 0.601. The van der Waals surface area contributed by atoms with Crippen molar-refractivity contribution in [2.24, 2.45) is 0 Å². The first kappa shape index (κ1) is 13.8. The Morgan fingerprint density at radius 3 is 2.84 bits per heavy atom. The number of carbonyl (C=O) groups excluding carboxylic acids is 1. The monoisotopic (exact) mass is 259 g/mol. The van der Waals surface area contributed by atoms with Gasteiger partial charge in [-0.2, -0.15) is 0 Å². The topological polar surface area (TPSA) is 29.5 Å². The average molecular weight is 259 g/mol. The predicted molar refractivity (Wildman–Crippen MR) is 75.6 cm³/mol. The number of hydrogen-bond acceptors (Lipinski definition) is 3. The van der Waals surface area contributed by atoms with Gasteiger partial charge in [0, 0.05) is 6.54 Å². The highest BCUT2D eigenvalue weighted by molar-refractivity contribution is 5.81. The van der Waals surface area contributed by atoms with Crippen molar-refractivity contribution in [3.05, 3.63) is 48.6 Å². The van der Waals surface area contributed by atoms with Crippen LogP contribution in [0.4, 0.5) is 0 Å². The van der Waals surface area contributed by atoms with Gasteiger partial charge in [0.25, 0.3) is 0 Å². The number of benzene rings is 1. The third-order valence-corrected chi connectivity index (χ3v) is 3.89. The van der Waals surface area contributed by atoms with Crippen LogP contribution in [0.25, 0.3) is 0 Å². The molecule has 1 aromatic rings. The summed E-state index contributed by atoms with van der Waals surface area (Å²) in [6.07, 6.45) is 4.33. The van der Waals surface area contributed by atoms with E-state index in [1.165, 1.54) is 12.7 Å². The van der Waals surface area contributed by atoms with Crippen LogP contribution < -0.4 is 0 Å². The van der Waals surface area contributed by atoms with Crippen molar-refractivity contribution in [1.29, 1.82) is 0 Å². The summed E-state index contributed by atoms with van der Waals surface area (Å²) in [6, 6.07) is 10.2. The van der Waals surface area contributed by atoms with Crippen molar-refractivity contribution >= 4 is 5.97 Å². The molecule has 1 aliphatic rings. The van der Waals surface area contributed by atoms with Crippen LogP contribution in [-0.2, 0) is 16.1 Å². The van der Waals surface area contributed by atoms with Gasteiger partial charge in [0.2, 0.25) is 0 Å². The molecule has 3 heteroatoms. The number of likely N-dealkylation sites (tertiary alicyclic amines) is 1. The molecule has 3 nitrogen and oxygen atoms in total. The Balaban J connectivity index is 2.22. The van der Waals surface area contributed by atoms with Crippen molar-refractivity contribution in [2.75, 3.05) is 13.7 Å². The number of methoxy groups -OCH3 is 1. The van der Waals surface area contributed by atoms with Gasteiger partial charge >= 0.3 is 5.97 Å². The van der Waals surface area contributed by atoms with Crippen molar-refractivity contribution in [1.82, 2.24) is 4.90 Å². The Morgan fingerprint density at radius 2 is 2.21 bits per heavy atom. The molecule has 0 amide bonds. The van der Waals surface area contributed by atoms with E-state index < -0.39 is 5.54 Å². The summed E-state index contributed by atoms with van der Waals surface area (Å²) >= 11 is 0. The standard InChI is InChI=1S/C16H21NO2/c1-3-10-16(15(18)19-2)11-7-12-17(16)13-14-8-5-4-6-9-14/h3-6,8-9H,1,7,10-13H2,2H3. The molecule has 0 saturated carbocycles. The van der Waals surface area contributed by atoms with Crippen LogP contribution in [0.3, 0.4) is 0 Å². The van der Waals surface area contributed by atoms with Gasteiger partial charge in [0.1, 0.15) is 5.54 Å². The molecule has 2 rings (SSSR count). The van der Waals surface area contributed by atoms with E-state index in [4.69, 9.17) is 4.74 Å². The molecule has 1 saturated heterocycles. The zero-order chi connectivity index (χ0) is 13.7. The SMILES string of the molecule is C=CCC1(C(=O)OC)CCCN1Cc1ccccc1. The molecule has 19 heavy (non-hydrogen) atoms. The molecule has 0 aliphatic carbocycles. The van der Waals surface area contributed by atoms with Crippen molar-refractivity contribution in [3.63, 3.8) is 0 Å². The number of hydrogen-bond donors (Lipinski definition) is 0. The summed E-state index contributed by atoms with van der Waals surface area (Å²) in [5.41, 5.74) is 0.702. The molecule has 0 radical (unpaired) electrons. The Kier molecular flexibility index (Phi) is 4.38. The fourth-order valence-corrected chi connectivity index (χ4v) is 2.94. The molecule has 1 aromatic carbocycles. The van der Waals surface area contributed by atoms with Gasteiger partial charge in [-0.1, -0.05) is 36.4 Å². The van der Waals surface area contributed by atoms with Crippen LogP contribution >= 0.6 is 0 Å². The highest BCUT2D eigenvalue weighted by atomic mass is 16.5. The van der Waals surface area contributed by atoms with Gasteiger partial charge in [-0.15, -0.1) is 6.58 Å². The lowest BCUT2D eigenvalue weighted by atomic mass is 9.91. The Hall–Kier alpha value is -1.61. The van der Waals surface area contributed by atoms with Gasteiger partial charge in [0.15, 0.2) is 0 Å². The minimum absolute atomic E-state index is 0.138. The fraction of sp³-hybridized carbons (Fsp3) is 0.438.